The van der Waals surface area contributed by atoms with Gasteiger partial charge in [-0.1, -0.05) is 0 Å². The van der Waals surface area contributed by atoms with Crippen molar-refractivity contribution < 1.29 is 14.6 Å². The highest BCUT2D eigenvalue weighted by atomic mass is 16.5. The fourth-order valence-corrected chi connectivity index (χ4v) is 3.99. The van der Waals surface area contributed by atoms with Crippen LogP contribution in [0.25, 0.3) is 0 Å². The molecule has 0 aromatic carbocycles. The van der Waals surface area contributed by atoms with Gasteiger partial charge in [-0.15, -0.1) is 0 Å². The Labute approximate surface area is 108 Å². The van der Waals surface area contributed by atoms with Crippen molar-refractivity contribution in [1.82, 2.24) is 4.90 Å². The van der Waals surface area contributed by atoms with Gasteiger partial charge in [0.1, 0.15) is 6.29 Å². The van der Waals surface area contributed by atoms with Gasteiger partial charge in [-0.05, 0) is 31.6 Å². The third-order valence-electron chi connectivity index (χ3n) is 5.17. The molecule has 3 fully saturated rings. The monoisotopic (exact) mass is 253 g/mol. The summed E-state index contributed by atoms with van der Waals surface area (Å²) in [5, 5.41) is 9.93. The zero-order chi connectivity index (χ0) is 12.6. The quantitative estimate of drug-likeness (QED) is 0.752. The van der Waals surface area contributed by atoms with E-state index in [0.29, 0.717) is 25.0 Å². The van der Waals surface area contributed by atoms with E-state index in [1.807, 2.05) is 0 Å². The van der Waals surface area contributed by atoms with Crippen LogP contribution in [0.4, 0.5) is 0 Å². The first-order valence-electron chi connectivity index (χ1n) is 7.17. The van der Waals surface area contributed by atoms with Gasteiger partial charge in [0.25, 0.3) is 0 Å². The number of carbonyl (C=O) groups is 1. The second-order valence-corrected chi connectivity index (χ2v) is 6.36. The van der Waals surface area contributed by atoms with Crippen molar-refractivity contribution in [1.29, 1.82) is 0 Å². The van der Waals surface area contributed by atoms with E-state index in [9.17, 15) is 9.90 Å². The van der Waals surface area contributed by atoms with Crippen LogP contribution in [0.5, 0.6) is 0 Å². The van der Waals surface area contributed by atoms with Gasteiger partial charge >= 0.3 is 0 Å². The maximum absolute atomic E-state index is 11.4. The Balaban J connectivity index is 1.61. The molecule has 1 N–H and O–H groups in total. The molecule has 4 heteroatoms. The first-order valence-corrected chi connectivity index (χ1v) is 7.17. The van der Waals surface area contributed by atoms with E-state index in [4.69, 9.17) is 4.74 Å². The highest BCUT2D eigenvalue weighted by Gasteiger charge is 2.44. The van der Waals surface area contributed by atoms with Crippen LogP contribution >= 0.6 is 0 Å². The number of aliphatic hydroxyl groups excluding tert-OH is 1. The van der Waals surface area contributed by atoms with Crippen molar-refractivity contribution >= 4 is 6.29 Å². The molecule has 0 radical (unpaired) electrons. The Bertz CT molecular complexity index is 314. The van der Waals surface area contributed by atoms with Crippen LogP contribution in [-0.4, -0.2) is 55.2 Å². The van der Waals surface area contributed by atoms with Gasteiger partial charge in [0.05, 0.1) is 6.10 Å². The van der Waals surface area contributed by atoms with Gasteiger partial charge in [0.2, 0.25) is 0 Å². The van der Waals surface area contributed by atoms with E-state index in [0.717, 1.165) is 51.6 Å². The van der Waals surface area contributed by atoms with Gasteiger partial charge in [0.15, 0.2) is 0 Å². The molecule has 0 spiro atoms. The minimum Gasteiger partial charge on any atom is -0.393 e. The van der Waals surface area contributed by atoms with Gasteiger partial charge in [0, 0.05) is 44.2 Å². The van der Waals surface area contributed by atoms with E-state index in [-0.39, 0.29) is 11.5 Å². The Morgan fingerprint density at radius 2 is 2.06 bits per heavy atom. The topological polar surface area (TPSA) is 49.8 Å². The molecule has 1 saturated carbocycles. The summed E-state index contributed by atoms with van der Waals surface area (Å²) in [6.45, 7) is 4.32. The largest absolute Gasteiger partial charge is 0.393 e. The van der Waals surface area contributed by atoms with E-state index in [2.05, 4.69) is 4.90 Å². The number of carbonyl (C=O) groups excluding carboxylic acids is 1. The first kappa shape index (κ1) is 12.6. The van der Waals surface area contributed by atoms with Crippen LogP contribution in [0.1, 0.15) is 25.7 Å². The molecule has 0 bridgehead atoms. The zero-order valence-corrected chi connectivity index (χ0v) is 10.9. The van der Waals surface area contributed by atoms with Crippen molar-refractivity contribution in [3.63, 3.8) is 0 Å². The minimum absolute atomic E-state index is 0.109. The molecule has 18 heavy (non-hydrogen) atoms. The summed E-state index contributed by atoms with van der Waals surface area (Å²) in [7, 11) is 0. The van der Waals surface area contributed by atoms with Crippen LogP contribution in [0.15, 0.2) is 0 Å². The summed E-state index contributed by atoms with van der Waals surface area (Å²) in [5.74, 6) is 1.11. The first-order chi connectivity index (χ1) is 8.72. The van der Waals surface area contributed by atoms with E-state index < -0.39 is 0 Å². The second-order valence-electron chi connectivity index (χ2n) is 6.36. The Kier molecular flexibility index (Phi) is 3.43. The van der Waals surface area contributed by atoms with Crippen LogP contribution < -0.4 is 0 Å². The van der Waals surface area contributed by atoms with Crippen molar-refractivity contribution in [2.24, 2.45) is 17.3 Å². The lowest BCUT2D eigenvalue weighted by Crippen LogP contribution is -2.42. The van der Waals surface area contributed by atoms with E-state index in [1.54, 1.807) is 0 Å². The maximum Gasteiger partial charge on any atom is 0.127 e. The molecule has 2 heterocycles. The molecular weight excluding hydrogens is 230 g/mol. The average molecular weight is 253 g/mol. The third kappa shape index (κ3) is 2.22. The predicted octanol–water partition coefficient (Wildman–Crippen LogP) is 0.685. The SMILES string of the molecule is O=CC1(CN2CC3CCC(O)C3C2)CCOCC1. The number of likely N-dealkylation sites (tertiary alicyclic amines) is 1. The van der Waals surface area contributed by atoms with Crippen LogP contribution in [0, 0.1) is 17.3 Å². The van der Waals surface area contributed by atoms with E-state index >= 15 is 0 Å². The van der Waals surface area contributed by atoms with Crippen LogP contribution in [0.3, 0.4) is 0 Å². The average Bonchev–Trinajstić information content (AvgIpc) is 2.93. The summed E-state index contributed by atoms with van der Waals surface area (Å²) in [6.07, 6.45) is 4.87. The molecule has 1 aliphatic carbocycles. The van der Waals surface area contributed by atoms with Crippen molar-refractivity contribution in [3.05, 3.63) is 0 Å². The molecule has 2 saturated heterocycles. The standard InChI is InChI=1S/C14H23NO3/c16-10-14(3-5-18-6-4-14)9-15-7-11-1-2-13(17)12(11)8-15/h10-13,17H,1-9H2. The highest BCUT2D eigenvalue weighted by Crippen LogP contribution is 2.40. The molecule has 2 aliphatic heterocycles. The molecule has 102 valence electrons. The van der Waals surface area contributed by atoms with Crippen LogP contribution in [0.2, 0.25) is 0 Å². The molecule has 3 aliphatic rings. The predicted molar refractivity (Wildman–Crippen MR) is 67.2 cm³/mol. The number of fused-ring (bicyclic) bond motifs is 1. The number of hydrogen-bond donors (Lipinski definition) is 1. The Morgan fingerprint density at radius 3 is 2.72 bits per heavy atom. The van der Waals surface area contributed by atoms with Gasteiger partial charge in [-0.2, -0.15) is 0 Å². The summed E-state index contributed by atoms with van der Waals surface area (Å²) in [4.78, 5) is 13.8. The lowest BCUT2D eigenvalue weighted by atomic mass is 9.81. The number of ether oxygens (including phenoxy) is 1. The summed E-state index contributed by atoms with van der Waals surface area (Å²) in [5.41, 5.74) is -0.193. The summed E-state index contributed by atoms with van der Waals surface area (Å²) < 4.78 is 5.37. The minimum atomic E-state index is -0.193. The summed E-state index contributed by atoms with van der Waals surface area (Å²) in [6, 6.07) is 0. The molecule has 4 nitrogen and oxygen atoms in total. The summed E-state index contributed by atoms with van der Waals surface area (Å²) >= 11 is 0. The molecule has 0 aromatic rings. The number of aliphatic hydroxyl groups is 1. The molecule has 3 unspecified atom stereocenters. The molecular formula is C14H23NO3. The second kappa shape index (κ2) is 4.91. The van der Waals surface area contributed by atoms with Crippen molar-refractivity contribution in [2.45, 2.75) is 31.8 Å². The van der Waals surface area contributed by atoms with Crippen molar-refractivity contribution in [2.75, 3.05) is 32.8 Å². The molecule has 3 atom stereocenters. The van der Waals surface area contributed by atoms with E-state index in [1.165, 1.54) is 0 Å². The lowest BCUT2D eigenvalue weighted by Gasteiger charge is -2.35. The number of hydrogen-bond acceptors (Lipinski definition) is 4. The zero-order valence-electron chi connectivity index (χ0n) is 10.9. The maximum atomic E-state index is 11.4. The van der Waals surface area contributed by atoms with Crippen LogP contribution in [-0.2, 0) is 9.53 Å². The molecule has 0 amide bonds. The van der Waals surface area contributed by atoms with Gasteiger partial charge < -0.3 is 19.5 Å². The fourth-order valence-electron chi connectivity index (χ4n) is 3.99. The highest BCUT2D eigenvalue weighted by molar-refractivity contribution is 5.60. The number of nitrogens with zero attached hydrogens (tertiary/aromatic N) is 1. The number of rotatable bonds is 3. The van der Waals surface area contributed by atoms with Crippen molar-refractivity contribution in [3.8, 4) is 0 Å². The third-order valence-corrected chi connectivity index (χ3v) is 5.17. The lowest BCUT2D eigenvalue weighted by molar-refractivity contribution is -0.122. The normalized spacial score (nSPS) is 39.7. The molecule has 3 rings (SSSR count). The Hall–Kier alpha value is -0.450. The fraction of sp³-hybridized carbons (Fsp3) is 0.929. The number of aldehydes is 1. The Morgan fingerprint density at radius 1 is 1.28 bits per heavy atom. The smallest absolute Gasteiger partial charge is 0.127 e. The molecule has 0 aromatic heterocycles. The van der Waals surface area contributed by atoms with Gasteiger partial charge in [-0.3, -0.25) is 0 Å². The van der Waals surface area contributed by atoms with Gasteiger partial charge in [-0.25, -0.2) is 0 Å².